The highest BCUT2D eigenvalue weighted by atomic mass is 79.9. The van der Waals surface area contributed by atoms with Crippen molar-refractivity contribution in [1.29, 1.82) is 0 Å². The third kappa shape index (κ3) is 3.68. The number of furan rings is 1. The number of aromatic nitrogens is 2. The van der Waals surface area contributed by atoms with Crippen LogP contribution in [0.25, 0.3) is 0 Å². The first-order valence-corrected chi connectivity index (χ1v) is 6.85. The molecule has 0 aliphatic heterocycles. The predicted molar refractivity (Wildman–Crippen MR) is 73.8 cm³/mol. The van der Waals surface area contributed by atoms with Crippen LogP contribution in [0.15, 0.2) is 27.3 Å². The lowest BCUT2D eigenvalue weighted by Gasteiger charge is -2.12. The van der Waals surface area contributed by atoms with Gasteiger partial charge < -0.3 is 14.3 Å². The number of hydrogen-bond donors (Lipinski definition) is 1. The Morgan fingerprint density at radius 3 is 2.89 bits per heavy atom. The van der Waals surface area contributed by atoms with Gasteiger partial charge in [0, 0.05) is 5.69 Å². The molecule has 104 valence electrons. The Balaban J connectivity index is 1.80. The summed E-state index contributed by atoms with van der Waals surface area (Å²) in [6, 6.07) is 3.65. The summed E-state index contributed by atoms with van der Waals surface area (Å²) < 4.78 is 13.3. The summed E-state index contributed by atoms with van der Waals surface area (Å²) in [7, 11) is 0. The molecule has 5 nitrogen and oxygen atoms in total. The van der Waals surface area contributed by atoms with Gasteiger partial charge in [0.25, 0.3) is 0 Å². The Kier molecular flexibility index (Phi) is 4.79. The summed E-state index contributed by atoms with van der Waals surface area (Å²) in [4.78, 5) is 0. The fourth-order valence-corrected chi connectivity index (χ4v) is 2.08. The Hall–Kier alpha value is -1.11. The van der Waals surface area contributed by atoms with Crippen molar-refractivity contribution in [2.24, 2.45) is 0 Å². The van der Waals surface area contributed by atoms with Crippen molar-refractivity contribution in [1.82, 2.24) is 9.78 Å². The summed E-state index contributed by atoms with van der Waals surface area (Å²) in [6.07, 6.45) is 1.00. The van der Waals surface area contributed by atoms with E-state index in [1.54, 1.807) is 10.9 Å². The second-order valence-corrected chi connectivity index (χ2v) is 5.21. The SMILES string of the molecule is Cc1nn(CC(O)COCc2ccco2)c(C)c1Br. The van der Waals surface area contributed by atoms with Crippen molar-refractivity contribution in [2.45, 2.75) is 33.1 Å². The summed E-state index contributed by atoms with van der Waals surface area (Å²) in [5, 5.41) is 14.3. The zero-order chi connectivity index (χ0) is 13.8. The molecule has 19 heavy (non-hydrogen) atoms. The van der Waals surface area contributed by atoms with Gasteiger partial charge in [0.2, 0.25) is 0 Å². The molecule has 2 aromatic rings. The van der Waals surface area contributed by atoms with E-state index in [1.807, 2.05) is 26.0 Å². The zero-order valence-corrected chi connectivity index (χ0v) is 12.6. The van der Waals surface area contributed by atoms with Crippen LogP contribution < -0.4 is 0 Å². The van der Waals surface area contributed by atoms with Crippen molar-refractivity contribution in [3.05, 3.63) is 40.0 Å². The molecule has 1 atom stereocenters. The highest BCUT2D eigenvalue weighted by Gasteiger charge is 2.12. The number of halogens is 1. The number of aliphatic hydroxyl groups is 1. The van der Waals surface area contributed by atoms with Gasteiger partial charge in [-0.1, -0.05) is 0 Å². The van der Waals surface area contributed by atoms with Crippen LogP contribution in [0.4, 0.5) is 0 Å². The number of aliphatic hydroxyl groups excluding tert-OH is 1. The third-order valence-electron chi connectivity index (χ3n) is 2.81. The number of hydrogen-bond acceptors (Lipinski definition) is 4. The first-order valence-electron chi connectivity index (χ1n) is 6.05. The molecule has 0 aliphatic rings. The minimum Gasteiger partial charge on any atom is -0.467 e. The Morgan fingerprint density at radius 1 is 1.53 bits per heavy atom. The van der Waals surface area contributed by atoms with Crippen LogP contribution in [0.5, 0.6) is 0 Å². The molecule has 6 heteroatoms. The normalized spacial score (nSPS) is 12.8. The molecule has 0 saturated heterocycles. The van der Waals surface area contributed by atoms with E-state index < -0.39 is 6.10 Å². The van der Waals surface area contributed by atoms with Gasteiger partial charge in [-0.25, -0.2) is 0 Å². The lowest BCUT2D eigenvalue weighted by Crippen LogP contribution is -2.23. The van der Waals surface area contributed by atoms with E-state index in [4.69, 9.17) is 9.15 Å². The van der Waals surface area contributed by atoms with Crippen LogP contribution in [0.1, 0.15) is 17.1 Å². The molecule has 0 aromatic carbocycles. The molecule has 0 spiro atoms. The van der Waals surface area contributed by atoms with Crippen LogP contribution >= 0.6 is 15.9 Å². The highest BCUT2D eigenvalue weighted by Crippen LogP contribution is 2.19. The molecule has 0 radical (unpaired) electrons. The molecule has 2 heterocycles. The van der Waals surface area contributed by atoms with Crippen LogP contribution in [0.3, 0.4) is 0 Å². The monoisotopic (exact) mass is 328 g/mol. The van der Waals surface area contributed by atoms with Crippen LogP contribution in [0, 0.1) is 13.8 Å². The molecule has 0 aliphatic carbocycles. The highest BCUT2D eigenvalue weighted by molar-refractivity contribution is 9.10. The van der Waals surface area contributed by atoms with Crippen LogP contribution in [-0.4, -0.2) is 27.6 Å². The number of aryl methyl sites for hydroxylation is 1. The molecule has 2 aromatic heterocycles. The Bertz CT molecular complexity index is 522. The number of rotatable bonds is 6. The summed E-state index contributed by atoms with van der Waals surface area (Å²) in [5.74, 6) is 0.751. The predicted octanol–water partition coefficient (Wildman–Crippen LogP) is 2.43. The molecule has 0 bridgehead atoms. The maximum atomic E-state index is 9.92. The molecule has 0 amide bonds. The first-order chi connectivity index (χ1) is 9.08. The zero-order valence-electron chi connectivity index (χ0n) is 11.0. The van der Waals surface area contributed by atoms with Gasteiger partial charge in [-0.05, 0) is 41.9 Å². The molecular weight excluding hydrogens is 312 g/mol. The van der Waals surface area contributed by atoms with Gasteiger partial charge in [0.05, 0.1) is 35.7 Å². The van der Waals surface area contributed by atoms with Crippen molar-refractivity contribution in [3.63, 3.8) is 0 Å². The van der Waals surface area contributed by atoms with Crippen LogP contribution in [-0.2, 0) is 17.9 Å². The minimum atomic E-state index is -0.597. The molecule has 0 fully saturated rings. The molecule has 1 N–H and O–H groups in total. The van der Waals surface area contributed by atoms with E-state index in [9.17, 15) is 5.11 Å². The molecule has 2 rings (SSSR count). The topological polar surface area (TPSA) is 60.4 Å². The fraction of sp³-hybridized carbons (Fsp3) is 0.462. The minimum absolute atomic E-state index is 0.247. The van der Waals surface area contributed by atoms with Crippen molar-refractivity contribution in [3.8, 4) is 0 Å². The summed E-state index contributed by atoms with van der Waals surface area (Å²) >= 11 is 3.46. The molecule has 1 unspecified atom stereocenters. The Morgan fingerprint density at radius 2 is 2.32 bits per heavy atom. The van der Waals surface area contributed by atoms with Crippen molar-refractivity contribution >= 4 is 15.9 Å². The first kappa shape index (κ1) is 14.3. The molecule has 0 saturated carbocycles. The summed E-state index contributed by atoms with van der Waals surface area (Å²) in [5.41, 5.74) is 1.92. The maximum Gasteiger partial charge on any atom is 0.129 e. The Labute approximate surface area is 120 Å². The lowest BCUT2D eigenvalue weighted by molar-refractivity contribution is 0.0128. The van der Waals surface area contributed by atoms with E-state index in [1.165, 1.54) is 0 Å². The second-order valence-electron chi connectivity index (χ2n) is 4.42. The van der Waals surface area contributed by atoms with E-state index in [0.29, 0.717) is 13.2 Å². The molecular formula is C13H17BrN2O3. The van der Waals surface area contributed by atoms with Crippen LogP contribution in [0.2, 0.25) is 0 Å². The number of nitrogens with zero attached hydrogens (tertiary/aromatic N) is 2. The van der Waals surface area contributed by atoms with E-state index in [0.717, 1.165) is 21.6 Å². The van der Waals surface area contributed by atoms with Gasteiger partial charge in [-0.3, -0.25) is 4.68 Å². The smallest absolute Gasteiger partial charge is 0.129 e. The number of ether oxygens (including phenoxy) is 1. The van der Waals surface area contributed by atoms with E-state index in [-0.39, 0.29) is 6.61 Å². The summed E-state index contributed by atoms with van der Waals surface area (Å²) in [6.45, 7) is 4.91. The lowest BCUT2D eigenvalue weighted by atomic mass is 10.3. The van der Waals surface area contributed by atoms with Gasteiger partial charge in [-0.2, -0.15) is 5.10 Å². The third-order valence-corrected chi connectivity index (χ3v) is 3.96. The van der Waals surface area contributed by atoms with Gasteiger partial charge >= 0.3 is 0 Å². The van der Waals surface area contributed by atoms with Gasteiger partial charge in [-0.15, -0.1) is 0 Å². The van der Waals surface area contributed by atoms with E-state index in [2.05, 4.69) is 21.0 Å². The average Bonchev–Trinajstić information content (AvgIpc) is 2.96. The average molecular weight is 329 g/mol. The second kappa shape index (κ2) is 6.36. The quantitative estimate of drug-likeness (QED) is 0.884. The largest absolute Gasteiger partial charge is 0.467 e. The van der Waals surface area contributed by atoms with Gasteiger partial charge in [0.1, 0.15) is 12.4 Å². The van der Waals surface area contributed by atoms with Crippen molar-refractivity contribution < 1.29 is 14.3 Å². The fourth-order valence-electron chi connectivity index (χ4n) is 1.80. The standard InChI is InChI=1S/C13H17BrN2O3/c1-9-13(14)10(2)16(15-9)6-11(17)7-18-8-12-4-3-5-19-12/h3-5,11,17H,6-8H2,1-2H3. The maximum absolute atomic E-state index is 9.92. The van der Waals surface area contributed by atoms with E-state index >= 15 is 0 Å². The van der Waals surface area contributed by atoms with Crippen molar-refractivity contribution in [2.75, 3.05) is 6.61 Å². The van der Waals surface area contributed by atoms with Gasteiger partial charge in [0.15, 0.2) is 0 Å².